The highest BCUT2D eigenvalue weighted by molar-refractivity contribution is 5.78. The van der Waals surface area contributed by atoms with Crippen LogP contribution in [0.2, 0.25) is 0 Å². The lowest BCUT2D eigenvalue weighted by atomic mass is 10.0. The van der Waals surface area contributed by atoms with Gasteiger partial charge in [-0.1, -0.05) is 18.2 Å². The quantitative estimate of drug-likeness (QED) is 0.718. The molecule has 3 rings (SSSR count). The van der Waals surface area contributed by atoms with Crippen LogP contribution in [-0.2, 0) is 4.79 Å². The fraction of sp³-hybridized carbons (Fsp3) is 0.611. The third-order valence-electron chi connectivity index (χ3n) is 4.56. The van der Waals surface area contributed by atoms with E-state index in [0.717, 1.165) is 37.1 Å². The number of carbonyl (C=O) groups is 1. The number of aliphatic hydroxyl groups is 1. The summed E-state index contributed by atoms with van der Waals surface area (Å²) in [5.74, 6) is 0.966. The van der Waals surface area contributed by atoms with E-state index in [4.69, 9.17) is 9.84 Å². The van der Waals surface area contributed by atoms with E-state index in [-0.39, 0.29) is 18.6 Å². The molecule has 0 radical (unpaired) electrons. The van der Waals surface area contributed by atoms with Crippen molar-refractivity contribution < 1.29 is 14.6 Å². The summed E-state index contributed by atoms with van der Waals surface area (Å²) in [5, 5.41) is 12.1. The van der Waals surface area contributed by atoms with Crippen molar-refractivity contribution in [1.29, 1.82) is 0 Å². The maximum atomic E-state index is 12.5. The fourth-order valence-electron chi connectivity index (χ4n) is 3.17. The SMILES string of the molecule is O=C(CN(CCCCO)C1CC1)NC1CCOc2ccccc21. The second-order valence-electron chi connectivity index (χ2n) is 6.43. The van der Waals surface area contributed by atoms with E-state index < -0.39 is 0 Å². The highest BCUT2D eigenvalue weighted by atomic mass is 16.5. The Balaban J connectivity index is 1.54. The Bertz CT molecular complexity index is 531. The normalized spacial score (nSPS) is 20.0. The van der Waals surface area contributed by atoms with Gasteiger partial charge in [0.2, 0.25) is 5.91 Å². The maximum absolute atomic E-state index is 12.5. The molecule has 5 heteroatoms. The van der Waals surface area contributed by atoms with Crippen LogP contribution in [0.3, 0.4) is 0 Å². The van der Waals surface area contributed by atoms with E-state index in [1.54, 1.807) is 0 Å². The fourth-order valence-corrected chi connectivity index (χ4v) is 3.17. The average Bonchev–Trinajstić information content (AvgIpc) is 3.39. The van der Waals surface area contributed by atoms with Crippen molar-refractivity contribution in [3.05, 3.63) is 29.8 Å². The molecule has 126 valence electrons. The summed E-state index contributed by atoms with van der Waals surface area (Å²) in [6, 6.07) is 8.53. The largest absolute Gasteiger partial charge is 0.493 e. The van der Waals surface area contributed by atoms with Gasteiger partial charge in [-0.05, 0) is 38.3 Å². The highest BCUT2D eigenvalue weighted by Crippen LogP contribution is 2.31. The number of nitrogens with zero attached hydrogens (tertiary/aromatic N) is 1. The van der Waals surface area contributed by atoms with Crippen molar-refractivity contribution in [2.24, 2.45) is 0 Å². The van der Waals surface area contributed by atoms with Gasteiger partial charge in [0.15, 0.2) is 0 Å². The van der Waals surface area contributed by atoms with Crippen LogP contribution in [0.15, 0.2) is 24.3 Å². The monoisotopic (exact) mass is 318 g/mol. The van der Waals surface area contributed by atoms with Crippen molar-refractivity contribution in [3.8, 4) is 5.75 Å². The molecular formula is C18H26N2O3. The topological polar surface area (TPSA) is 61.8 Å². The summed E-state index contributed by atoms with van der Waals surface area (Å²) < 4.78 is 5.64. The lowest BCUT2D eigenvalue weighted by Crippen LogP contribution is -2.41. The Hall–Kier alpha value is -1.59. The Labute approximate surface area is 137 Å². The summed E-state index contributed by atoms with van der Waals surface area (Å²) in [7, 11) is 0. The van der Waals surface area contributed by atoms with Gasteiger partial charge < -0.3 is 15.2 Å². The first-order chi connectivity index (χ1) is 11.3. The van der Waals surface area contributed by atoms with Crippen molar-refractivity contribution >= 4 is 5.91 Å². The van der Waals surface area contributed by atoms with E-state index in [1.165, 1.54) is 12.8 Å². The van der Waals surface area contributed by atoms with Crippen LogP contribution < -0.4 is 10.1 Å². The Kier molecular flexibility index (Phi) is 5.51. The average molecular weight is 318 g/mol. The van der Waals surface area contributed by atoms with E-state index in [0.29, 0.717) is 19.2 Å². The number of aliphatic hydroxyl groups excluding tert-OH is 1. The van der Waals surface area contributed by atoms with Gasteiger partial charge in [0.25, 0.3) is 0 Å². The number of amides is 1. The molecule has 1 aromatic carbocycles. The molecule has 1 heterocycles. The molecule has 5 nitrogen and oxygen atoms in total. The second-order valence-corrected chi connectivity index (χ2v) is 6.43. The zero-order chi connectivity index (χ0) is 16.1. The Morgan fingerprint density at radius 3 is 2.87 bits per heavy atom. The molecule has 1 amide bonds. The van der Waals surface area contributed by atoms with Crippen molar-refractivity contribution in [3.63, 3.8) is 0 Å². The second kappa shape index (κ2) is 7.79. The number of nitrogens with one attached hydrogen (secondary N) is 1. The predicted octanol–water partition coefficient (Wildman–Crippen LogP) is 1.86. The number of ether oxygens (including phenoxy) is 1. The summed E-state index contributed by atoms with van der Waals surface area (Å²) in [6.45, 7) is 2.22. The number of rotatable bonds is 8. The highest BCUT2D eigenvalue weighted by Gasteiger charge is 2.30. The molecule has 2 aliphatic rings. The summed E-state index contributed by atoms with van der Waals surface area (Å²) in [4.78, 5) is 14.7. The first kappa shape index (κ1) is 16.3. The number of benzene rings is 1. The zero-order valence-corrected chi connectivity index (χ0v) is 13.5. The van der Waals surface area contributed by atoms with Crippen molar-refractivity contribution in [2.75, 3.05) is 26.3 Å². The molecule has 1 atom stereocenters. The van der Waals surface area contributed by atoms with Crippen LogP contribution in [-0.4, -0.2) is 48.3 Å². The van der Waals surface area contributed by atoms with Crippen LogP contribution in [0, 0.1) is 0 Å². The van der Waals surface area contributed by atoms with Crippen LogP contribution in [0.25, 0.3) is 0 Å². The number of unbranched alkanes of at least 4 members (excludes halogenated alkanes) is 1. The zero-order valence-electron chi connectivity index (χ0n) is 13.5. The van der Waals surface area contributed by atoms with E-state index in [1.807, 2.05) is 24.3 Å². The number of para-hydroxylation sites is 1. The van der Waals surface area contributed by atoms with Gasteiger partial charge >= 0.3 is 0 Å². The lowest BCUT2D eigenvalue weighted by molar-refractivity contribution is -0.123. The van der Waals surface area contributed by atoms with Gasteiger partial charge in [-0.2, -0.15) is 0 Å². The van der Waals surface area contributed by atoms with Crippen molar-refractivity contribution in [1.82, 2.24) is 10.2 Å². The van der Waals surface area contributed by atoms with Crippen LogP contribution in [0.1, 0.15) is 43.7 Å². The molecule has 1 fully saturated rings. The van der Waals surface area contributed by atoms with E-state index in [9.17, 15) is 4.79 Å². The van der Waals surface area contributed by atoms with Crippen LogP contribution >= 0.6 is 0 Å². The molecule has 1 aliphatic heterocycles. The molecule has 1 unspecified atom stereocenters. The predicted molar refractivity (Wildman–Crippen MR) is 88.4 cm³/mol. The van der Waals surface area contributed by atoms with Gasteiger partial charge in [-0.25, -0.2) is 0 Å². The third-order valence-corrected chi connectivity index (χ3v) is 4.56. The molecule has 2 N–H and O–H groups in total. The standard InChI is InChI=1S/C18H26N2O3/c21-11-4-3-10-20(14-7-8-14)13-18(22)19-16-9-12-23-17-6-2-1-5-15(16)17/h1-2,5-6,14,16,21H,3-4,7-13H2,(H,19,22). The van der Waals surface area contributed by atoms with Gasteiger partial charge in [-0.15, -0.1) is 0 Å². The maximum Gasteiger partial charge on any atom is 0.234 e. The van der Waals surface area contributed by atoms with Gasteiger partial charge in [-0.3, -0.25) is 9.69 Å². The first-order valence-corrected chi connectivity index (χ1v) is 8.64. The summed E-state index contributed by atoms with van der Waals surface area (Å²) in [6.07, 6.45) is 4.94. The van der Waals surface area contributed by atoms with Crippen LogP contribution in [0.4, 0.5) is 0 Å². The number of hydrogen-bond donors (Lipinski definition) is 2. The Morgan fingerprint density at radius 2 is 2.09 bits per heavy atom. The van der Waals surface area contributed by atoms with Crippen molar-refractivity contribution in [2.45, 2.75) is 44.2 Å². The van der Waals surface area contributed by atoms with E-state index in [2.05, 4.69) is 10.2 Å². The minimum absolute atomic E-state index is 0.0472. The molecule has 0 aromatic heterocycles. The van der Waals surface area contributed by atoms with Gasteiger partial charge in [0, 0.05) is 24.6 Å². The smallest absolute Gasteiger partial charge is 0.234 e. The molecular weight excluding hydrogens is 292 g/mol. The minimum Gasteiger partial charge on any atom is -0.493 e. The summed E-state index contributed by atoms with van der Waals surface area (Å²) in [5.41, 5.74) is 1.07. The third kappa shape index (κ3) is 4.45. The van der Waals surface area contributed by atoms with Crippen LogP contribution in [0.5, 0.6) is 5.75 Å². The Morgan fingerprint density at radius 1 is 1.26 bits per heavy atom. The molecule has 0 bridgehead atoms. The molecule has 23 heavy (non-hydrogen) atoms. The minimum atomic E-state index is 0.0472. The van der Waals surface area contributed by atoms with E-state index >= 15 is 0 Å². The van der Waals surface area contributed by atoms with Gasteiger partial charge in [0.1, 0.15) is 5.75 Å². The lowest BCUT2D eigenvalue weighted by Gasteiger charge is -2.28. The number of fused-ring (bicyclic) bond motifs is 1. The molecule has 0 saturated heterocycles. The summed E-state index contributed by atoms with van der Waals surface area (Å²) >= 11 is 0. The number of hydrogen-bond acceptors (Lipinski definition) is 4. The van der Waals surface area contributed by atoms with Gasteiger partial charge in [0.05, 0.1) is 19.2 Å². The molecule has 1 aliphatic carbocycles. The number of carbonyl (C=O) groups excluding carboxylic acids is 1. The molecule has 0 spiro atoms. The molecule has 1 saturated carbocycles. The molecule has 1 aromatic rings. The first-order valence-electron chi connectivity index (χ1n) is 8.64.